The largest absolute Gasteiger partial charge is 0.343 e. The fraction of sp³-hybridized carbons (Fsp3) is 0.217. The number of carbonyl (C=O) groups is 1. The first-order valence-corrected chi connectivity index (χ1v) is 11.4. The number of nitrogens with zero attached hydrogens (tertiary/aromatic N) is 3. The summed E-state index contributed by atoms with van der Waals surface area (Å²) in [5.41, 5.74) is 3.32. The van der Waals surface area contributed by atoms with Gasteiger partial charge in [0.05, 0.1) is 10.5 Å². The molecular formula is C23H19N5O4S. The van der Waals surface area contributed by atoms with E-state index in [9.17, 15) is 19.7 Å². The Morgan fingerprint density at radius 1 is 1.09 bits per heavy atom. The molecule has 10 heteroatoms. The Balaban J connectivity index is 1.49. The Labute approximate surface area is 192 Å². The van der Waals surface area contributed by atoms with Crippen LogP contribution in [-0.2, 0) is 10.5 Å². The maximum absolute atomic E-state index is 13.2. The van der Waals surface area contributed by atoms with E-state index in [1.165, 1.54) is 23.9 Å². The van der Waals surface area contributed by atoms with Crippen molar-refractivity contribution in [2.75, 3.05) is 5.32 Å². The van der Waals surface area contributed by atoms with Crippen LogP contribution in [0.1, 0.15) is 41.9 Å². The summed E-state index contributed by atoms with van der Waals surface area (Å²) in [5, 5.41) is 14.5. The number of hydrogen-bond donors (Lipinski definition) is 2. The summed E-state index contributed by atoms with van der Waals surface area (Å²) < 4.78 is 0. The minimum absolute atomic E-state index is 0.0292. The number of aromatic amines is 1. The Morgan fingerprint density at radius 2 is 1.85 bits per heavy atom. The normalized spacial score (nSPS) is 17.2. The number of nitrogens with one attached hydrogen (secondary N) is 2. The van der Waals surface area contributed by atoms with E-state index in [0.717, 1.165) is 29.7 Å². The van der Waals surface area contributed by atoms with Crippen molar-refractivity contribution in [3.8, 4) is 0 Å². The van der Waals surface area contributed by atoms with Gasteiger partial charge in [-0.25, -0.2) is 4.98 Å². The average molecular weight is 462 g/mol. The number of anilines is 1. The first-order valence-electron chi connectivity index (χ1n) is 10.4. The van der Waals surface area contributed by atoms with E-state index < -0.39 is 10.8 Å². The van der Waals surface area contributed by atoms with Crippen molar-refractivity contribution in [3.63, 3.8) is 0 Å². The lowest BCUT2D eigenvalue weighted by Crippen LogP contribution is -2.32. The van der Waals surface area contributed by atoms with Crippen LogP contribution in [0.25, 0.3) is 0 Å². The van der Waals surface area contributed by atoms with Crippen molar-refractivity contribution < 1.29 is 9.72 Å². The lowest BCUT2D eigenvalue weighted by molar-refractivity contribution is -0.384. The number of benzene rings is 1. The molecule has 0 radical (unpaired) electrons. The Bertz CT molecular complexity index is 1340. The molecule has 33 heavy (non-hydrogen) atoms. The molecule has 1 aliphatic heterocycles. The molecule has 1 atom stereocenters. The summed E-state index contributed by atoms with van der Waals surface area (Å²) in [6.07, 6.45) is 5.25. The zero-order chi connectivity index (χ0) is 22.9. The topological polar surface area (TPSA) is 131 Å². The molecule has 3 heterocycles. The molecule has 2 aliphatic rings. The lowest BCUT2D eigenvalue weighted by Gasteiger charge is -2.32. The second-order valence-electron chi connectivity index (χ2n) is 7.85. The zero-order valence-electron chi connectivity index (χ0n) is 17.4. The predicted octanol–water partition coefficient (Wildman–Crippen LogP) is 3.93. The Morgan fingerprint density at radius 3 is 2.58 bits per heavy atom. The van der Waals surface area contributed by atoms with Gasteiger partial charge in [0.15, 0.2) is 10.9 Å². The molecule has 3 aromatic rings. The van der Waals surface area contributed by atoms with Crippen molar-refractivity contribution in [1.29, 1.82) is 0 Å². The Hall–Kier alpha value is -3.79. The lowest BCUT2D eigenvalue weighted by atomic mass is 9.77. The van der Waals surface area contributed by atoms with Gasteiger partial charge in [-0.1, -0.05) is 23.9 Å². The number of pyridine rings is 1. The number of allylic oxidation sites excluding steroid dienone is 2. The summed E-state index contributed by atoms with van der Waals surface area (Å²) in [6, 6.07) is 9.92. The van der Waals surface area contributed by atoms with Crippen LogP contribution in [0.5, 0.6) is 0 Å². The van der Waals surface area contributed by atoms with E-state index in [1.807, 2.05) is 12.1 Å². The van der Waals surface area contributed by atoms with Gasteiger partial charge in [0.25, 0.3) is 11.2 Å². The number of carbonyl (C=O) groups excluding carboxylic acids is 1. The number of fused-ring (bicyclic) bond motifs is 1. The van der Waals surface area contributed by atoms with E-state index in [0.29, 0.717) is 34.3 Å². The summed E-state index contributed by atoms with van der Waals surface area (Å²) in [7, 11) is 0. The minimum Gasteiger partial charge on any atom is -0.343 e. The standard InChI is InChI=1S/C23H19N5O4S/c29-17-3-1-2-16-19(17)18(14-8-10-24-11-9-14)20-21(25-16)26-23(27-22(20)30)33-12-13-4-6-15(7-5-13)28(31)32/h4-11,18H,1-3,12H2,(H2,25,26,27,30)/t18-/m0/s1. The van der Waals surface area contributed by atoms with Gasteiger partial charge < -0.3 is 10.3 Å². The fourth-order valence-electron chi connectivity index (χ4n) is 4.26. The van der Waals surface area contributed by atoms with Crippen molar-refractivity contribution in [2.45, 2.75) is 36.1 Å². The number of H-pyrrole nitrogens is 1. The number of thioether (sulfide) groups is 1. The molecule has 1 aromatic carbocycles. The highest BCUT2D eigenvalue weighted by Gasteiger charge is 2.37. The van der Waals surface area contributed by atoms with E-state index in [1.54, 1.807) is 24.5 Å². The minimum atomic E-state index is -0.489. The van der Waals surface area contributed by atoms with Crippen LogP contribution in [0.2, 0.25) is 0 Å². The molecule has 166 valence electrons. The van der Waals surface area contributed by atoms with Crippen molar-refractivity contribution >= 4 is 29.1 Å². The van der Waals surface area contributed by atoms with Crippen LogP contribution in [0.3, 0.4) is 0 Å². The third-order valence-corrected chi connectivity index (χ3v) is 6.74. The number of non-ortho nitro benzene ring substituents is 1. The van der Waals surface area contributed by atoms with Crippen LogP contribution in [-0.4, -0.2) is 25.7 Å². The molecule has 0 amide bonds. The molecule has 5 rings (SSSR count). The molecule has 0 fully saturated rings. The first kappa shape index (κ1) is 21.1. The van der Waals surface area contributed by atoms with Crippen molar-refractivity contribution in [1.82, 2.24) is 15.0 Å². The highest BCUT2D eigenvalue weighted by Crippen LogP contribution is 2.43. The molecule has 0 spiro atoms. The van der Waals surface area contributed by atoms with E-state index >= 15 is 0 Å². The van der Waals surface area contributed by atoms with Crippen LogP contribution in [0.4, 0.5) is 11.5 Å². The van der Waals surface area contributed by atoms with Crippen molar-refractivity contribution in [2.24, 2.45) is 0 Å². The van der Waals surface area contributed by atoms with Gasteiger partial charge in [-0.2, -0.15) is 0 Å². The highest BCUT2D eigenvalue weighted by molar-refractivity contribution is 7.98. The van der Waals surface area contributed by atoms with Crippen molar-refractivity contribution in [3.05, 3.63) is 97.2 Å². The number of hydrogen-bond acceptors (Lipinski definition) is 8. The second kappa shape index (κ2) is 8.62. The molecule has 0 bridgehead atoms. The van der Waals surface area contributed by atoms with Gasteiger partial charge in [0.1, 0.15) is 5.82 Å². The average Bonchev–Trinajstić information content (AvgIpc) is 2.82. The monoisotopic (exact) mass is 461 g/mol. The molecule has 1 aliphatic carbocycles. The van der Waals surface area contributed by atoms with Gasteiger partial charge in [-0.15, -0.1) is 0 Å². The molecule has 0 unspecified atom stereocenters. The Kier molecular flexibility index (Phi) is 5.51. The summed E-state index contributed by atoms with van der Waals surface area (Å²) in [4.78, 5) is 48.0. The maximum atomic E-state index is 13.2. The van der Waals surface area contributed by atoms with E-state index in [2.05, 4.69) is 20.3 Å². The van der Waals surface area contributed by atoms with Gasteiger partial charge in [0, 0.05) is 53.9 Å². The highest BCUT2D eigenvalue weighted by atomic mass is 32.2. The van der Waals surface area contributed by atoms with Gasteiger partial charge in [0.2, 0.25) is 0 Å². The smallest absolute Gasteiger partial charge is 0.269 e. The van der Waals surface area contributed by atoms with E-state index in [-0.39, 0.29) is 17.0 Å². The van der Waals surface area contributed by atoms with E-state index in [4.69, 9.17) is 0 Å². The number of rotatable bonds is 5. The van der Waals surface area contributed by atoms with Crippen LogP contribution in [0, 0.1) is 10.1 Å². The van der Waals surface area contributed by atoms with Crippen LogP contribution >= 0.6 is 11.8 Å². The number of nitro benzene ring substituents is 1. The zero-order valence-corrected chi connectivity index (χ0v) is 18.2. The molecule has 2 aromatic heterocycles. The third-order valence-electron chi connectivity index (χ3n) is 5.80. The molecule has 9 nitrogen and oxygen atoms in total. The van der Waals surface area contributed by atoms with Gasteiger partial charge in [-0.05, 0) is 36.1 Å². The third kappa shape index (κ3) is 4.05. The number of ketones is 1. The fourth-order valence-corrected chi connectivity index (χ4v) is 5.08. The maximum Gasteiger partial charge on any atom is 0.269 e. The summed E-state index contributed by atoms with van der Waals surface area (Å²) in [5.74, 6) is 0.504. The predicted molar refractivity (Wildman–Crippen MR) is 123 cm³/mol. The van der Waals surface area contributed by atoms with Gasteiger partial charge in [-0.3, -0.25) is 24.7 Å². The summed E-state index contributed by atoms with van der Waals surface area (Å²) in [6.45, 7) is 0. The molecular weight excluding hydrogens is 442 g/mol. The molecule has 2 N–H and O–H groups in total. The van der Waals surface area contributed by atoms with Crippen LogP contribution in [0.15, 0.2) is 70.0 Å². The summed E-state index contributed by atoms with van der Waals surface area (Å²) >= 11 is 1.33. The number of Topliss-reactive ketones (excluding diaryl/α,β-unsaturated/α-hetero) is 1. The number of aromatic nitrogens is 3. The second-order valence-corrected chi connectivity index (χ2v) is 8.82. The van der Waals surface area contributed by atoms with Crippen LogP contribution < -0.4 is 10.9 Å². The quantitative estimate of drug-likeness (QED) is 0.253. The van der Waals surface area contributed by atoms with Gasteiger partial charge >= 0.3 is 0 Å². The first-order chi connectivity index (χ1) is 16.0. The SMILES string of the molecule is O=C1CCCC2=C1[C@H](c1ccncc1)c1c(nc(SCc3ccc([N+](=O)[O-])cc3)[nH]c1=O)N2. The number of nitro groups is 1. The molecule has 0 saturated heterocycles. The molecule has 0 saturated carbocycles.